The lowest BCUT2D eigenvalue weighted by molar-refractivity contribution is 0.135. The maximum atomic E-state index is 11.4. The van der Waals surface area contributed by atoms with Gasteiger partial charge in [-0.3, -0.25) is 4.79 Å². The van der Waals surface area contributed by atoms with E-state index in [1.54, 1.807) is 13.2 Å². The summed E-state index contributed by atoms with van der Waals surface area (Å²) in [7, 11) is 1.75. The first-order valence-corrected chi connectivity index (χ1v) is 4.60. The predicted molar refractivity (Wildman–Crippen MR) is 54.5 cm³/mol. The zero-order valence-electron chi connectivity index (χ0n) is 8.49. The Morgan fingerprint density at radius 3 is 3.00 bits per heavy atom. The Balaban J connectivity index is 2.64. The number of hydrogen-bond acceptors (Lipinski definition) is 4. The molecule has 5 nitrogen and oxygen atoms in total. The Hall–Kier alpha value is -1.36. The van der Waals surface area contributed by atoms with Crippen molar-refractivity contribution in [3.05, 3.63) is 22.6 Å². The Labute approximate surface area is 82.7 Å². The van der Waals surface area contributed by atoms with Gasteiger partial charge >= 0.3 is 0 Å². The van der Waals surface area contributed by atoms with Crippen molar-refractivity contribution in [3.8, 4) is 0 Å². The quantitative estimate of drug-likeness (QED) is 0.691. The van der Waals surface area contributed by atoms with Crippen LogP contribution in [0.3, 0.4) is 0 Å². The van der Waals surface area contributed by atoms with Gasteiger partial charge in [0.1, 0.15) is 0 Å². The van der Waals surface area contributed by atoms with Gasteiger partial charge in [0, 0.05) is 19.7 Å². The highest BCUT2D eigenvalue weighted by Crippen LogP contribution is 1.96. The lowest BCUT2D eigenvalue weighted by Crippen LogP contribution is -2.24. The van der Waals surface area contributed by atoms with E-state index >= 15 is 0 Å². The topological polar surface area (TPSA) is 56.1 Å². The molecule has 0 spiro atoms. The molecular weight excluding hydrogens is 182 g/mol. The fraction of sp³-hybridized carbons (Fsp3) is 0.556. The summed E-state index contributed by atoms with van der Waals surface area (Å²) in [5.74, 6) is 0. The Bertz CT molecular complexity index is 335. The van der Waals surface area contributed by atoms with Gasteiger partial charge in [0.25, 0.3) is 5.56 Å². The van der Waals surface area contributed by atoms with E-state index in [-0.39, 0.29) is 5.56 Å². The standard InChI is InChI=1S/C9H15N3O2/c1-3-14-5-4-12-9(13)6-8(10-2)7-11-12/h6-7,10H,3-5H2,1-2H3. The van der Waals surface area contributed by atoms with Crippen molar-refractivity contribution < 1.29 is 4.74 Å². The number of rotatable bonds is 5. The monoisotopic (exact) mass is 197 g/mol. The van der Waals surface area contributed by atoms with Crippen LogP contribution in [0.15, 0.2) is 17.1 Å². The van der Waals surface area contributed by atoms with Gasteiger partial charge in [0.05, 0.1) is 25.0 Å². The third kappa shape index (κ3) is 2.85. The number of aromatic nitrogens is 2. The van der Waals surface area contributed by atoms with Crippen molar-refractivity contribution >= 4 is 5.69 Å². The predicted octanol–water partition coefficient (Wildman–Crippen LogP) is 0.322. The normalized spacial score (nSPS) is 10.1. The second-order valence-corrected chi connectivity index (χ2v) is 2.75. The van der Waals surface area contributed by atoms with Crippen molar-refractivity contribution in [3.63, 3.8) is 0 Å². The second-order valence-electron chi connectivity index (χ2n) is 2.75. The molecule has 78 valence electrons. The van der Waals surface area contributed by atoms with E-state index in [1.165, 1.54) is 10.7 Å². The second kappa shape index (κ2) is 5.39. The molecule has 0 amide bonds. The van der Waals surface area contributed by atoms with Crippen LogP contribution in [0.5, 0.6) is 0 Å². The molecule has 1 rings (SSSR count). The molecule has 5 heteroatoms. The number of hydrogen-bond donors (Lipinski definition) is 1. The molecular formula is C9H15N3O2. The van der Waals surface area contributed by atoms with E-state index in [0.29, 0.717) is 19.8 Å². The highest BCUT2D eigenvalue weighted by molar-refractivity contribution is 5.37. The van der Waals surface area contributed by atoms with Gasteiger partial charge in [-0.25, -0.2) is 4.68 Å². The molecule has 1 heterocycles. The lowest BCUT2D eigenvalue weighted by atomic mass is 10.4. The van der Waals surface area contributed by atoms with Crippen molar-refractivity contribution in [2.75, 3.05) is 25.6 Å². The Kier molecular flexibility index (Phi) is 4.12. The summed E-state index contributed by atoms with van der Waals surface area (Å²) in [5.41, 5.74) is 0.610. The summed E-state index contributed by atoms with van der Waals surface area (Å²) in [6, 6.07) is 1.51. The molecule has 1 aromatic rings. The zero-order valence-corrected chi connectivity index (χ0v) is 8.49. The van der Waals surface area contributed by atoms with Gasteiger partial charge in [-0.1, -0.05) is 0 Å². The minimum absolute atomic E-state index is 0.114. The third-order valence-corrected chi connectivity index (χ3v) is 1.81. The first-order valence-electron chi connectivity index (χ1n) is 4.60. The maximum absolute atomic E-state index is 11.4. The summed E-state index contributed by atoms with van der Waals surface area (Å²) in [6.45, 7) is 3.59. The first-order chi connectivity index (χ1) is 6.77. The first kappa shape index (κ1) is 10.7. The molecule has 1 aromatic heterocycles. The molecule has 14 heavy (non-hydrogen) atoms. The smallest absolute Gasteiger partial charge is 0.268 e. The summed E-state index contributed by atoms with van der Waals surface area (Å²) in [6.07, 6.45) is 1.62. The van der Waals surface area contributed by atoms with Crippen molar-refractivity contribution in [1.82, 2.24) is 9.78 Å². The van der Waals surface area contributed by atoms with E-state index in [2.05, 4.69) is 10.4 Å². The van der Waals surface area contributed by atoms with Crippen molar-refractivity contribution in [2.45, 2.75) is 13.5 Å². The molecule has 0 fully saturated rings. The Morgan fingerprint density at radius 2 is 2.43 bits per heavy atom. The van der Waals surface area contributed by atoms with Crippen LogP contribution in [0, 0.1) is 0 Å². The van der Waals surface area contributed by atoms with Gasteiger partial charge in [0.15, 0.2) is 0 Å². The molecule has 0 unspecified atom stereocenters. The molecule has 0 aliphatic carbocycles. The molecule has 0 atom stereocenters. The number of ether oxygens (including phenoxy) is 1. The molecule has 0 radical (unpaired) electrons. The average Bonchev–Trinajstić information content (AvgIpc) is 2.20. The fourth-order valence-electron chi connectivity index (χ4n) is 1.03. The van der Waals surface area contributed by atoms with Crippen LogP contribution in [-0.2, 0) is 11.3 Å². The van der Waals surface area contributed by atoms with Crippen LogP contribution in [0.2, 0.25) is 0 Å². The van der Waals surface area contributed by atoms with Gasteiger partial charge in [-0.15, -0.1) is 0 Å². The van der Waals surface area contributed by atoms with Gasteiger partial charge in [-0.2, -0.15) is 5.10 Å². The maximum Gasteiger partial charge on any atom is 0.268 e. The highest BCUT2D eigenvalue weighted by atomic mass is 16.5. The summed E-state index contributed by atoms with van der Waals surface area (Å²) < 4.78 is 6.52. The van der Waals surface area contributed by atoms with Crippen LogP contribution in [-0.4, -0.2) is 30.0 Å². The van der Waals surface area contributed by atoms with E-state index in [0.717, 1.165) is 5.69 Å². The molecule has 0 aromatic carbocycles. The number of nitrogens with one attached hydrogen (secondary N) is 1. The lowest BCUT2D eigenvalue weighted by Gasteiger charge is -2.05. The fourth-order valence-corrected chi connectivity index (χ4v) is 1.03. The summed E-state index contributed by atoms with van der Waals surface area (Å²) in [4.78, 5) is 11.4. The number of nitrogens with zero attached hydrogens (tertiary/aromatic N) is 2. The highest BCUT2D eigenvalue weighted by Gasteiger charge is 1.97. The van der Waals surface area contributed by atoms with Crippen molar-refractivity contribution in [2.24, 2.45) is 0 Å². The average molecular weight is 197 g/mol. The molecule has 0 aliphatic rings. The van der Waals surface area contributed by atoms with Crippen LogP contribution in [0.4, 0.5) is 5.69 Å². The minimum atomic E-state index is -0.114. The Morgan fingerprint density at radius 1 is 1.64 bits per heavy atom. The molecule has 0 aliphatic heterocycles. The molecule has 1 N–H and O–H groups in total. The molecule has 0 saturated carbocycles. The van der Waals surface area contributed by atoms with Crippen LogP contribution >= 0.6 is 0 Å². The zero-order chi connectivity index (χ0) is 10.4. The third-order valence-electron chi connectivity index (χ3n) is 1.81. The van der Waals surface area contributed by atoms with E-state index < -0.39 is 0 Å². The van der Waals surface area contributed by atoms with Gasteiger partial charge < -0.3 is 10.1 Å². The van der Waals surface area contributed by atoms with Crippen LogP contribution in [0.25, 0.3) is 0 Å². The van der Waals surface area contributed by atoms with E-state index in [1.807, 2.05) is 6.92 Å². The summed E-state index contributed by atoms with van der Waals surface area (Å²) in [5, 5.41) is 6.84. The van der Waals surface area contributed by atoms with E-state index in [9.17, 15) is 4.79 Å². The van der Waals surface area contributed by atoms with Crippen LogP contribution < -0.4 is 10.9 Å². The molecule has 0 saturated heterocycles. The van der Waals surface area contributed by atoms with Crippen LogP contribution in [0.1, 0.15) is 6.92 Å². The summed E-state index contributed by atoms with van der Waals surface area (Å²) >= 11 is 0. The van der Waals surface area contributed by atoms with Gasteiger partial charge in [-0.05, 0) is 6.92 Å². The van der Waals surface area contributed by atoms with Crippen molar-refractivity contribution in [1.29, 1.82) is 0 Å². The largest absolute Gasteiger partial charge is 0.387 e. The number of anilines is 1. The minimum Gasteiger partial charge on any atom is -0.387 e. The van der Waals surface area contributed by atoms with E-state index in [4.69, 9.17) is 4.74 Å². The van der Waals surface area contributed by atoms with Gasteiger partial charge in [0.2, 0.25) is 0 Å². The molecule has 0 bridgehead atoms. The SMILES string of the molecule is CCOCCn1ncc(NC)cc1=O.